The molecule has 0 aliphatic carbocycles. The minimum Gasteiger partial charge on any atom is -0.485 e. The van der Waals surface area contributed by atoms with E-state index >= 15 is 0 Å². The lowest BCUT2D eigenvalue weighted by Crippen LogP contribution is -2.41. The molecule has 1 heterocycles. The van der Waals surface area contributed by atoms with E-state index in [1.807, 2.05) is 12.1 Å². The summed E-state index contributed by atoms with van der Waals surface area (Å²) in [6, 6.07) is 16.0. The molecule has 1 aliphatic heterocycles. The molecule has 3 rings (SSSR count). The number of hydrogen-bond acceptors (Lipinski definition) is 5. The number of fused-ring (bicyclic) bond motifs is 1. The highest BCUT2D eigenvalue weighted by Crippen LogP contribution is 2.31. The molecular weight excluding hydrogens is 310 g/mol. The third-order valence-electron chi connectivity index (χ3n) is 3.47. The number of ether oxygens (including phenoxy) is 3. The van der Waals surface area contributed by atoms with Crippen LogP contribution in [0.1, 0.15) is 6.92 Å². The molecule has 0 unspecified atom stereocenters. The molecule has 2 aromatic carbocycles. The van der Waals surface area contributed by atoms with Crippen LogP contribution in [0.3, 0.4) is 0 Å². The molecule has 0 spiro atoms. The van der Waals surface area contributed by atoms with Gasteiger partial charge in [-0.05, 0) is 31.2 Å². The largest absolute Gasteiger partial charge is 0.485 e. The fourth-order valence-corrected chi connectivity index (χ4v) is 2.20. The van der Waals surface area contributed by atoms with Crippen molar-refractivity contribution in [1.82, 2.24) is 0 Å². The van der Waals surface area contributed by atoms with Crippen LogP contribution in [0.15, 0.2) is 54.6 Å². The number of benzene rings is 2. The molecule has 0 saturated carbocycles. The summed E-state index contributed by atoms with van der Waals surface area (Å²) in [5.41, 5.74) is 0.636. The van der Waals surface area contributed by atoms with Crippen molar-refractivity contribution in [2.24, 2.45) is 0 Å². The molecule has 1 aliphatic rings. The van der Waals surface area contributed by atoms with Crippen molar-refractivity contribution in [3.05, 3.63) is 54.6 Å². The van der Waals surface area contributed by atoms with Gasteiger partial charge >= 0.3 is 5.97 Å². The van der Waals surface area contributed by atoms with Crippen molar-refractivity contribution in [3.63, 3.8) is 0 Å². The molecule has 24 heavy (non-hydrogen) atoms. The normalized spacial score (nSPS) is 16.8. The molecule has 0 radical (unpaired) electrons. The molecule has 0 aromatic heterocycles. The van der Waals surface area contributed by atoms with E-state index in [-0.39, 0.29) is 6.61 Å². The summed E-state index contributed by atoms with van der Waals surface area (Å²) in [6.45, 7) is 1.55. The standard InChI is InChI=1S/C18H17NO5/c1-12(17(20)19-13-7-3-2-4-8-13)23-18(21)16-11-22-14-9-5-6-10-15(14)24-16/h2-10,12,16H,11H2,1H3,(H,19,20)/t12-,16-/m0/s1. The third-order valence-corrected chi connectivity index (χ3v) is 3.47. The highest BCUT2D eigenvalue weighted by molar-refractivity contribution is 5.95. The Kier molecular flexibility index (Phi) is 4.65. The maximum atomic E-state index is 12.2. The van der Waals surface area contributed by atoms with Crippen molar-refractivity contribution >= 4 is 17.6 Å². The van der Waals surface area contributed by atoms with Crippen LogP contribution in [0.5, 0.6) is 11.5 Å². The van der Waals surface area contributed by atoms with E-state index in [9.17, 15) is 9.59 Å². The molecule has 1 N–H and O–H groups in total. The number of anilines is 1. The Hall–Kier alpha value is -3.02. The van der Waals surface area contributed by atoms with Gasteiger partial charge in [-0.2, -0.15) is 0 Å². The summed E-state index contributed by atoms with van der Waals surface area (Å²) >= 11 is 0. The topological polar surface area (TPSA) is 73.9 Å². The van der Waals surface area contributed by atoms with Crippen LogP contribution in [-0.4, -0.2) is 30.7 Å². The van der Waals surface area contributed by atoms with E-state index in [2.05, 4.69) is 5.32 Å². The van der Waals surface area contributed by atoms with E-state index in [0.29, 0.717) is 17.2 Å². The van der Waals surface area contributed by atoms with Gasteiger partial charge in [0.05, 0.1) is 0 Å². The molecule has 2 atom stereocenters. The Morgan fingerprint density at radius 3 is 2.50 bits per heavy atom. The van der Waals surface area contributed by atoms with Crippen LogP contribution in [0.2, 0.25) is 0 Å². The van der Waals surface area contributed by atoms with Gasteiger partial charge in [-0.25, -0.2) is 4.79 Å². The zero-order valence-corrected chi connectivity index (χ0v) is 13.1. The van der Waals surface area contributed by atoms with E-state index in [4.69, 9.17) is 14.2 Å². The molecular formula is C18H17NO5. The Morgan fingerprint density at radius 2 is 1.75 bits per heavy atom. The lowest BCUT2D eigenvalue weighted by atomic mass is 10.2. The second-order valence-corrected chi connectivity index (χ2v) is 5.30. The number of hydrogen-bond donors (Lipinski definition) is 1. The lowest BCUT2D eigenvalue weighted by Gasteiger charge is -2.25. The molecule has 2 aromatic rings. The zero-order valence-electron chi connectivity index (χ0n) is 13.1. The van der Waals surface area contributed by atoms with Gasteiger partial charge in [0.2, 0.25) is 6.10 Å². The van der Waals surface area contributed by atoms with Gasteiger partial charge in [-0.3, -0.25) is 4.79 Å². The number of carbonyl (C=O) groups excluding carboxylic acids is 2. The van der Waals surface area contributed by atoms with Gasteiger partial charge < -0.3 is 19.5 Å². The molecule has 1 amide bonds. The quantitative estimate of drug-likeness (QED) is 0.873. The number of esters is 1. The highest BCUT2D eigenvalue weighted by Gasteiger charge is 2.31. The van der Waals surface area contributed by atoms with Gasteiger partial charge in [0.1, 0.15) is 6.61 Å². The van der Waals surface area contributed by atoms with Crippen molar-refractivity contribution in [2.75, 3.05) is 11.9 Å². The summed E-state index contributed by atoms with van der Waals surface area (Å²) < 4.78 is 16.2. The first-order valence-corrected chi connectivity index (χ1v) is 7.58. The predicted octanol–water partition coefficient (Wildman–Crippen LogP) is 2.40. The third kappa shape index (κ3) is 3.65. The van der Waals surface area contributed by atoms with Gasteiger partial charge in [0, 0.05) is 5.69 Å². The Labute approximate surface area is 139 Å². The minimum absolute atomic E-state index is 0.0445. The maximum absolute atomic E-state index is 12.2. The van der Waals surface area contributed by atoms with Gasteiger partial charge in [0.25, 0.3) is 5.91 Å². The van der Waals surface area contributed by atoms with Gasteiger partial charge in [-0.1, -0.05) is 30.3 Å². The molecule has 6 heteroatoms. The van der Waals surface area contributed by atoms with Crippen LogP contribution < -0.4 is 14.8 Å². The van der Waals surface area contributed by atoms with Crippen molar-refractivity contribution < 1.29 is 23.8 Å². The van der Waals surface area contributed by atoms with Crippen LogP contribution in [0.4, 0.5) is 5.69 Å². The molecule has 0 bridgehead atoms. The highest BCUT2D eigenvalue weighted by atomic mass is 16.6. The van der Waals surface area contributed by atoms with Crippen molar-refractivity contribution in [1.29, 1.82) is 0 Å². The van der Waals surface area contributed by atoms with Gasteiger partial charge in [-0.15, -0.1) is 0 Å². The first kappa shape index (κ1) is 15.9. The average molecular weight is 327 g/mol. The average Bonchev–Trinajstić information content (AvgIpc) is 2.62. The second-order valence-electron chi connectivity index (χ2n) is 5.30. The summed E-state index contributed by atoms with van der Waals surface area (Å²) in [6.07, 6.45) is -1.84. The van der Waals surface area contributed by atoms with Crippen LogP contribution in [0, 0.1) is 0 Å². The summed E-state index contributed by atoms with van der Waals surface area (Å²) in [7, 11) is 0. The van der Waals surface area contributed by atoms with Crippen molar-refractivity contribution in [3.8, 4) is 11.5 Å². The summed E-state index contributed by atoms with van der Waals surface area (Å²) in [4.78, 5) is 24.2. The fraction of sp³-hybridized carbons (Fsp3) is 0.222. The van der Waals surface area contributed by atoms with E-state index in [1.54, 1.807) is 42.5 Å². The first-order chi connectivity index (χ1) is 11.6. The Morgan fingerprint density at radius 1 is 1.08 bits per heavy atom. The summed E-state index contributed by atoms with van der Waals surface area (Å²) in [5, 5.41) is 2.68. The lowest BCUT2D eigenvalue weighted by molar-refractivity contribution is -0.162. The number of amides is 1. The Balaban J connectivity index is 1.56. The molecule has 0 saturated heterocycles. The SMILES string of the molecule is C[C@H](OC(=O)[C@@H]1COc2ccccc2O1)C(=O)Nc1ccccc1. The van der Waals surface area contributed by atoms with Crippen LogP contribution in [0.25, 0.3) is 0 Å². The van der Waals surface area contributed by atoms with Crippen molar-refractivity contribution in [2.45, 2.75) is 19.1 Å². The fourth-order valence-electron chi connectivity index (χ4n) is 2.20. The summed E-state index contributed by atoms with van der Waals surface area (Å²) in [5.74, 6) is 0.00963. The molecule has 6 nitrogen and oxygen atoms in total. The second kappa shape index (κ2) is 7.04. The predicted molar refractivity (Wildman–Crippen MR) is 87.0 cm³/mol. The van der Waals surface area contributed by atoms with E-state index < -0.39 is 24.1 Å². The first-order valence-electron chi connectivity index (χ1n) is 7.58. The minimum atomic E-state index is -0.946. The van der Waals surface area contributed by atoms with E-state index in [0.717, 1.165) is 0 Å². The van der Waals surface area contributed by atoms with Crippen LogP contribution in [-0.2, 0) is 14.3 Å². The smallest absolute Gasteiger partial charge is 0.351 e. The number of rotatable bonds is 4. The molecule has 0 fully saturated rings. The van der Waals surface area contributed by atoms with Gasteiger partial charge in [0.15, 0.2) is 17.6 Å². The Bertz CT molecular complexity index is 731. The zero-order chi connectivity index (χ0) is 16.9. The monoisotopic (exact) mass is 327 g/mol. The number of nitrogens with one attached hydrogen (secondary N) is 1. The number of carbonyl (C=O) groups is 2. The maximum Gasteiger partial charge on any atom is 0.351 e. The van der Waals surface area contributed by atoms with Crippen LogP contribution >= 0.6 is 0 Å². The molecule has 124 valence electrons. The van der Waals surface area contributed by atoms with E-state index in [1.165, 1.54) is 6.92 Å². The number of para-hydroxylation sites is 3.